The van der Waals surface area contributed by atoms with Gasteiger partial charge in [0.25, 0.3) is 0 Å². The van der Waals surface area contributed by atoms with Crippen LogP contribution < -0.4 is 4.90 Å². The van der Waals surface area contributed by atoms with E-state index in [2.05, 4.69) is 16.9 Å². The molecule has 2 rings (SSSR count). The van der Waals surface area contributed by atoms with Crippen molar-refractivity contribution in [2.75, 3.05) is 18.0 Å². The van der Waals surface area contributed by atoms with Crippen molar-refractivity contribution in [3.8, 4) is 0 Å². The normalized spacial score (nSPS) is 18.1. The van der Waals surface area contributed by atoms with Crippen molar-refractivity contribution in [3.63, 3.8) is 0 Å². The van der Waals surface area contributed by atoms with Gasteiger partial charge >= 0.3 is 5.97 Å². The maximum Gasteiger partial charge on any atom is 0.335 e. The summed E-state index contributed by atoms with van der Waals surface area (Å²) >= 11 is 0. The Morgan fingerprint density at radius 3 is 2.60 bits per heavy atom. The molecule has 0 radical (unpaired) electrons. The average molecular weight is 279 g/mol. The monoisotopic (exact) mass is 279 g/mol. The minimum Gasteiger partial charge on any atom is -0.479 e. The number of piperidine rings is 1. The molecule has 1 fully saturated rings. The Balaban J connectivity index is 2.12. The van der Waals surface area contributed by atoms with Crippen LogP contribution in [0, 0.1) is 6.92 Å². The van der Waals surface area contributed by atoms with Gasteiger partial charge in [0, 0.05) is 44.1 Å². The van der Waals surface area contributed by atoms with Crippen molar-refractivity contribution >= 4 is 11.8 Å². The second-order valence-corrected chi connectivity index (χ2v) is 5.36. The van der Waals surface area contributed by atoms with Gasteiger partial charge in [0.2, 0.25) is 0 Å². The number of carbonyl (C=O) groups is 1. The lowest BCUT2D eigenvalue weighted by molar-refractivity contribution is -0.160. The number of rotatable bonds is 4. The third-order valence-corrected chi connectivity index (χ3v) is 3.67. The summed E-state index contributed by atoms with van der Waals surface area (Å²) in [6.45, 7) is 5.00. The smallest absolute Gasteiger partial charge is 0.335 e. The third-order valence-electron chi connectivity index (χ3n) is 3.67. The number of hydrogen-bond donors (Lipinski definition) is 2. The van der Waals surface area contributed by atoms with Gasteiger partial charge in [0.1, 0.15) is 11.6 Å². The number of aliphatic hydroxyl groups is 1. The Bertz CT molecular complexity index is 496. The van der Waals surface area contributed by atoms with Crippen LogP contribution in [0.4, 0.5) is 5.82 Å². The highest BCUT2D eigenvalue weighted by molar-refractivity contribution is 5.77. The zero-order chi connectivity index (χ0) is 14.8. The number of aromatic nitrogens is 2. The lowest BCUT2D eigenvalue weighted by Gasteiger charge is -2.36. The second kappa shape index (κ2) is 5.75. The molecule has 0 saturated carbocycles. The van der Waals surface area contributed by atoms with Crippen molar-refractivity contribution in [1.29, 1.82) is 0 Å². The van der Waals surface area contributed by atoms with Crippen molar-refractivity contribution in [2.24, 2.45) is 0 Å². The predicted molar refractivity (Wildman–Crippen MR) is 74.8 cm³/mol. The van der Waals surface area contributed by atoms with Crippen LogP contribution in [0.3, 0.4) is 0 Å². The standard InChI is InChI=1S/C14H21N3O3/c1-3-4-11-15-10(2)9-12(16-11)17-7-5-14(20,6-8-17)13(18)19/h9,20H,3-8H2,1-2H3,(H,18,19). The largest absolute Gasteiger partial charge is 0.479 e. The predicted octanol–water partition coefficient (Wildman–Crippen LogP) is 1.15. The molecule has 1 aliphatic heterocycles. The van der Waals surface area contributed by atoms with Crippen LogP contribution in [0.5, 0.6) is 0 Å². The Morgan fingerprint density at radius 2 is 2.05 bits per heavy atom. The molecule has 0 atom stereocenters. The van der Waals surface area contributed by atoms with Crippen LogP contribution in [0.15, 0.2) is 6.07 Å². The summed E-state index contributed by atoms with van der Waals surface area (Å²) in [6, 6.07) is 1.91. The lowest BCUT2D eigenvalue weighted by Crippen LogP contribution is -2.49. The molecule has 6 nitrogen and oxygen atoms in total. The van der Waals surface area contributed by atoms with Crippen molar-refractivity contribution in [3.05, 3.63) is 17.6 Å². The SMILES string of the molecule is CCCc1nc(C)cc(N2CCC(O)(C(=O)O)CC2)n1. The Morgan fingerprint density at radius 1 is 1.40 bits per heavy atom. The maximum absolute atomic E-state index is 11.0. The van der Waals surface area contributed by atoms with Gasteiger partial charge in [-0.25, -0.2) is 14.8 Å². The van der Waals surface area contributed by atoms with E-state index >= 15 is 0 Å². The van der Waals surface area contributed by atoms with Crippen molar-refractivity contribution < 1.29 is 15.0 Å². The molecule has 0 amide bonds. The minimum atomic E-state index is -1.59. The quantitative estimate of drug-likeness (QED) is 0.860. The van der Waals surface area contributed by atoms with E-state index in [1.807, 2.05) is 17.9 Å². The van der Waals surface area contributed by atoms with E-state index in [1.165, 1.54) is 0 Å². The summed E-state index contributed by atoms with van der Waals surface area (Å²) in [4.78, 5) is 22.0. The summed E-state index contributed by atoms with van der Waals surface area (Å²) in [5.74, 6) is 0.512. The maximum atomic E-state index is 11.0. The van der Waals surface area contributed by atoms with E-state index in [0.717, 1.165) is 30.2 Å². The summed E-state index contributed by atoms with van der Waals surface area (Å²) < 4.78 is 0. The molecule has 1 saturated heterocycles. The molecule has 2 heterocycles. The van der Waals surface area contributed by atoms with Gasteiger partial charge in [0.15, 0.2) is 5.60 Å². The molecule has 0 bridgehead atoms. The molecular weight excluding hydrogens is 258 g/mol. The first-order valence-electron chi connectivity index (χ1n) is 7.00. The first-order chi connectivity index (χ1) is 9.44. The highest BCUT2D eigenvalue weighted by Gasteiger charge is 2.39. The Hall–Kier alpha value is -1.69. The number of carboxylic acid groups (broad SMARTS) is 1. The molecule has 2 N–H and O–H groups in total. The first-order valence-corrected chi connectivity index (χ1v) is 7.00. The van der Waals surface area contributed by atoms with Crippen LogP contribution >= 0.6 is 0 Å². The minimum absolute atomic E-state index is 0.217. The zero-order valence-corrected chi connectivity index (χ0v) is 12.0. The highest BCUT2D eigenvalue weighted by atomic mass is 16.4. The molecule has 0 spiro atoms. The van der Waals surface area contributed by atoms with Gasteiger partial charge in [-0.15, -0.1) is 0 Å². The molecule has 20 heavy (non-hydrogen) atoms. The summed E-state index contributed by atoms with van der Waals surface area (Å²) in [5.41, 5.74) is -0.678. The second-order valence-electron chi connectivity index (χ2n) is 5.36. The zero-order valence-electron chi connectivity index (χ0n) is 12.0. The number of carboxylic acids is 1. The van der Waals surface area contributed by atoms with Crippen LogP contribution in [-0.2, 0) is 11.2 Å². The van der Waals surface area contributed by atoms with Gasteiger partial charge in [-0.05, 0) is 13.3 Å². The molecule has 6 heteroatoms. The van der Waals surface area contributed by atoms with E-state index in [-0.39, 0.29) is 12.8 Å². The van der Waals surface area contributed by atoms with Gasteiger partial charge in [-0.2, -0.15) is 0 Å². The van der Waals surface area contributed by atoms with Gasteiger partial charge in [-0.3, -0.25) is 0 Å². The number of anilines is 1. The molecule has 1 aliphatic rings. The fraction of sp³-hybridized carbons (Fsp3) is 0.643. The van der Waals surface area contributed by atoms with Gasteiger partial charge in [0.05, 0.1) is 0 Å². The molecule has 0 aromatic carbocycles. The van der Waals surface area contributed by atoms with E-state index < -0.39 is 11.6 Å². The van der Waals surface area contributed by atoms with E-state index in [9.17, 15) is 9.90 Å². The van der Waals surface area contributed by atoms with Crippen LogP contribution in [0.1, 0.15) is 37.7 Å². The summed E-state index contributed by atoms with van der Waals surface area (Å²) in [7, 11) is 0. The topological polar surface area (TPSA) is 86.5 Å². The first kappa shape index (κ1) is 14.7. The van der Waals surface area contributed by atoms with Gasteiger partial charge < -0.3 is 15.1 Å². The van der Waals surface area contributed by atoms with E-state index in [1.54, 1.807) is 0 Å². The van der Waals surface area contributed by atoms with E-state index in [4.69, 9.17) is 5.11 Å². The summed E-state index contributed by atoms with van der Waals surface area (Å²) in [5, 5.41) is 19.0. The van der Waals surface area contributed by atoms with Crippen molar-refractivity contribution in [2.45, 2.75) is 45.1 Å². The fourth-order valence-corrected chi connectivity index (χ4v) is 2.43. The number of hydrogen-bond acceptors (Lipinski definition) is 5. The van der Waals surface area contributed by atoms with E-state index in [0.29, 0.717) is 13.1 Å². The molecule has 0 unspecified atom stereocenters. The number of aliphatic carboxylic acids is 1. The van der Waals surface area contributed by atoms with Crippen molar-refractivity contribution in [1.82, 2.24) is 9.97 Å². The molecule has 1 aromatic rings. The number of aryl methyl sites for hydroxylation is 2. The third kappa shape index (κ3) is 3.07. The Labute approximate surface area is 118 Å². The molecule has 110 valence electrons. The van der Waals surface area contributed by atoms with Crippen LogP contribution in [0.2, 0.25) is 0 Å². The number of nitrogens with zero attached hydrogens (tertiary/aromatic N) is 3. The molecular formula is C14H21N3O3. The fourth-order valence-electron chi connectivity index (χ4n) is 2.43. The molecule has 1 aromatic heterocycles. The van der Waals surface area contributed by atoms with Crippen LogP contribution in [0.25, 0.3) is 0 Å². The van der Waals surface area contributed by atoms with Crippen LogP contribution in [-0.4, -0.2) is 44.8 Å². The summed E-state index contributed by atoms with van der Waals surface area (Å²) in [6.07, 6.45) is 2.26. The lowest BCUT2D eigenvalue weighted by atomic mass is 9.91. The average Bonchev–Trinajstić information content (AvgIpc) is 2.39. The molecule has 0 aliphatic carbocycles. The van der Waals surface area contributed by atoms with Gasteiger partial charge in [-0.1, -0.05) is 6.92 Å². The highest BCUT2D eigenvalue weighted by Crippen LogP contribution is 2.26. The Kier molecular flexibility index (Phi) is 4.23.